The minimum Gasteiger partial charge on any atom is -0.309 e. The third kappa shape index (κ3) is 10.4. The van der Waals surface area contributed by atoms with E-state index < -0.39 is 0 Å². The largest absolute Gasteiger partial charge is 0.309 e. The summed E-state index contributed by atoms with van der Waals surface area (Å²) in [6, 6.07) is 138. The molecule has 16 aromatic carbocycles. The SMILES string of the molecule is c1ccc(-c2ccc(-c3nc(-n4c5ccccc5c5cc(-c6ccc7c(c6)c6ccccc6n7-c6ccccc6)ccc54)nc4ccccc34)cc2)cc1.c1ccc(-c2ccc(-c3nc(-n4c5ccccc5c5cc(-c6ccc7c(c6)c6ccccc6n7-c6ccccc6)ccc54)nc4ccccc34)cc2)cc1. The first-order chi connectivity index (χ1) is 53.6. The van der Waals surface area contributed by atoms with Crippen molar-refractivity contribution < 1.29 is 0 Å². The molecule has 0 aliphatic rings. The van der Waals surface area contributed by atoms with Crippen molar-refractivity contribution in [2.75, 3.05) is 0 Å². The molecule has 6 heterocycles. The summed E-state index contributed by atoms with van der Waals surface area (Å²) in [5.74, 6) is 1.31. The molecule has 0 bridgehead atoms. The first-order valence-corrected chi connectivity index (χ1v) is 36.7. The van der Waals surface area contributed by atoms with Gasteiger partial charge >= 0.3 is 0 Å². The zero-order valence-electron chi connectivity index (χ0n) is 58.5. The highest BCUT2D eigenvalue weighted by atomic mass is 15.2. The van der Waals surface area contributed by atoms with Crippen LogP contribution >= 0.6 is 0 Å². The Morgan fingerprint density at radius 2 is 0.380 bits per heavy atom. The Balaban J connectivity index is 0.000000138. The van der Waals surface area contributed by atoms with E-state index in [1.54, 1.807) is 0 Å². The molecule has 504 valence electrons. The van der Waals surface area contributed by atoms with E-state index in [0.29, 0.717) is 11.9 Å². The van der Waals surface area contributed by atoms with Gasteiger partial charge in [-0.3, -0.25) is 9.13 Å². The molecule has 108 heavy (non-hydrogen) atoms. The Bertz CT molecular complexity index is 6820. The minimum atomic E-state index is 0.657. The van der Waals surface area contributed by atoms with Crippen LogP contribution in [0.15, 0.2) is 388 Å². The Hall–Kier alpha value is -14.6. The van der Waals surface area contributed by atoms with E-state index in [1.165, 1.54) is 110 Å². The lowest BCUT2D eigenvalue weighted by molar-refractivity contribution is 1.01. The summed E-state index contributed by atoms with van der Waals surface area (Å²) in [5, 5.41) is 11.7. The summed E-state index contributed by atoms with van der Waals surface area (Å²) in [6.07, 6.45) is 0. The number of hydrogen-bond acceptors (Lipinski definition) is 4. The second-order valence-corrected chi connectivity index (χ2v) is 27.7. The van der Waals surface area contributed by atoms with Crippen molar-refractivity contribution in [3.05, 3.63) is 388 Å². The average Bonchev–Trinajstić information content (AvgIpc) is 1.57. The van der Waals surface area contributed by atoms with Crippen LogP contribution in [0.5, 0.6) is 0 Å². The molecule has 0 fully saturated rings. The maximum absolute atomic E-state index is 5.34. The molecule has 0 amide bonds. The van der Waals surface area contributed by atoms with E-state index >= 15 is 0 Å². The summed E-state index contributed by atoms with van der Waals surface area (Å²) in [5.41, 5.74) is 26.6. The first-order valence-electron chi connectivity index (χ1n) is 36.7. The van der Waals surface area contributed by atoms with Crippen molar-refractivity contribution in [3.63, 3.8) is 0 Å². The number of benzene rings is 16. The molecule has 0 aliphatic carbocycles. The van der Waals surface area contributed by atoms with Gasteiger partial charge in [-0.05, 0) is 154 Å². The number of fused-ring (bicyclic) bond motifs is 14. The maximum Gasteiger partial charge on any atom is 0.235 e. The number of para-hydroxylation sites is 8. The Morgan fingerprint density at radius 3 is 0.713 bits per heavy atom. The summed E-state index contributed by atoms with van der Waals surface area (Å²) in [4.78, 5) is 21.1. The summed E-state index contributed by atoms with van der Waals surface area (Å²) >= 11 is 0. The summed E-state index contributed by atoms with van der Waals surface area (Å²) < 4.78 is 9.17. The minimum absolute atomic E-state index is 0.657. The van der Waals surface area contributed by atoms with Gasteiger partial charge in [-0.1, -0.05) is 279 Å². The molecule has 8 heteroatoms. The van der Waals surface area contributed by atoms with E-state index in [-0.39, 0.29) is 0 Å². The number of aromatic nitrogens is 8. The van der Waals surface area contributed by atoms with Gasteiger partial charge in [0.25, 0.3) is 0 Å². The molecule has 22 rings (SSSR count). The Kier molecular flexibility index (Phi) is 14.7. The molecular formula is C100H64N8. The fourth-order valence-electron chi connectivity index (χ4n) is 16.4. The van der Waals surface area contributed by atoms with Crippen LogP contribution in [-0.4, -0.2) is 38.2 Å². The highest BCUT2D eigenvalue weighted by molar-refractivity contribution is 6.15. The fraction of sp³-hybridized carbons (Fsp3) is 0. The van der Waals surface area contributed by atoms with Gasteiger partial charge in [0.2, 0.25) is 11.9 Å². The van der Waals surface area contributed by atoms with Gasteiger partial charge < -0.3 is 9.13 Å². The predicted molar refractivity (Wildman–Crippen MR) is 449 cm³/mol. The van der Waals surface area contributed by atoms with E-state index in [4.69, 9.17) is 19.9 Å². The van der Waals surface area contributed by atoms with Crippen molar-refractivity contribution in [2.45, 2.75) is 0 Å². The Morgan fingerprint density at radius 1 is 0.148 bits per heavy atom. The number of hydrogen-bond donors (Lipinski definition) is 0. The zero-order valence-corrected chi connectivity index (χ0v) is 58.5. The molecule has 0 aliphatic heterocycles. The third-order valence-corrected chi connectivity index (χ3v) is 21.5. The molecule has 0 spiro atoms. The topological polar surface area (TPSA) is 71.3 Å². The van der Waals surface area contributed by atoms with Crippen LogP contribution in [0.3, 0.4) is 0 Å². The van der Waals surface area contributed by atoms with Crippen LogP contribution in [0, 0.1) is 0 Å². The van der Waals surface area contributed by atoms with Crippen LogP contribution in [-0.2, 0) is 0 Å². The average molecular weight is 1380 g/mol. The molecule has 0 unspecified atom stereocenters. The van der Waals surface area contributed by atoms with Gasteiger partial charge in [0.15, 0.2) is 0 Å². The van der Waals surface area contributed by atoms with Gasteiger partial charge in [-0.25, -0.2) is 19.9 Å². The smallest absolute Gasteiger partial charge is 0.235 e. The standard InChI is InChI=1S/2C50H32N4/c2*1-3-13-33(14-4-1)34-23-25-35(26-24-34)49-41-19-7-10-20-44(41)51-50(52-49)54-46-22-12-9-18-40(46)43-32-37(28-30-48(43)54)36-27-29-47-42(31-36)39-17-8-11-21-45(39)53(47)38-15-5-2-6-16-38/h2*1-32H. The van der Waals surface area contributed by atoms with E-state index in [2.05, 4.69) is 382 Å². The van der Waals surface area contributed by atoms with Crippen LogP contribution in [0.2, 0.25) is 0 Å². The molecule has 0 N–H and O–H groups in total. The van der Waals surface area contributed by atoms with Crippen LogP contribution in [0.1, 0.15) is 0 Å². The summed E-state index contributed by atoms with van der Waals surface area (Å²) in [7, 11) is 0. The van der Waals surface area contributed by atoms with Crippen LogP contribution < -0.4 is 0 Å². The van der Waals surface area contributed by atoms with Crippen molar-refractivity contribution in [3.8, 4) is 90.3 Å². The third-order valence-electron chi connectivity index (χ3n) is 21.5. The van der Waals surface area contributed by atoms with Gasteiger partial charge in [-0.15, -0.1) is 0 Å². The van der Waals surface area contributed by atoms with Crippen molar-refractivity contribution in [2.24, 2.45) is 0 Å². The second-order valence-electron chi connectivity index (χ2n) is 27.7. The highest BCUT2D eigenvalue weighted by Gasteiger charge is 2.23. The molecule has 0 saturated carbocycles. The molecule has 0 radical (unpaired) electrons. The van der Waals surface area contributed by atoms with E-state index in [9.17, 15) is 0 Å². The highest BCUT2D eigenvalue weighted by Crippen LogP contribution is 2.43. The van der Waals surface area contributed by atoms with E-state index in [1.807, 2.05) is 24.3 Å². The van der Waals surface area contributed by atoms with Gasteiger partial charge in [0.1, 0.15) is 0 Å². The quantitative estimate of drug-likeness (QED) is 0.137. The maximum atomic E-state index is 5.34. The van der Waals surface area contributed by atoms with Crippen molar-refractivity contribution in [1.82, 2.24) is 38.2 Å². The van der Waals surface area contributed by atoms with Crippen molar-refractivity contribution in [1.29, 1.82) is 0 Å². The lowest BCUT2D eigenvalue weighted by Crippen LogP contribution is -2.03. The lowest BCUT2D eigenvalue weighted by atomic mass is 10.0. The first kappa shape index (κ1) is 62.0. The molecule has 8 nitrogen and oxygen atoms in total. The second kappa shape index (κ2) is 25.7. The van der Waals surface area contributed by atoms with Crippen LogP contribution in [0.25, 0.3) is 199 Å². The predicted octanol–water partition coefficient (Wildman–Crippen LogP) is 25.7. The summed E-state index contributed by atoms with van der Waals surface area (Å²) in [6.45, 7) is 0. The lowest BCUT2D eigenvalue weighted by Gasteiger charge is -2.12. The van der Waals surface area contributed by atoms with Gasteiger partial charge in [0.05, 0.1) is 66.6 Å². The van der Waals surface area contributed by atoms with Gasteiger partial charge in [-0.2, -0.15) is 0 Å². The molecular weight excluding hydrogens is 1310 g/mol. The number of rotatable bonds is 10. The molecule has 0 atom stereocenters. The fourth-order valence-corrected chi connectivity index (χ4v) is 16.4. The monoisotopic (exact) mass is 1380 g/mol. The molecule has 0 saturated heterocycles. The zero-order chi connectivity index (χ0) is 71.2. The van der Waals surface area contributed by atoms with Crippen molar-refractivity contribution >= 4 is 109 Å². The van der Waals surface area contributed by atoms with E-state index in [0.717, 1.165) is 77.8 Å². The Labute approximate surface area is 621 Å². The van der Waals surface area contributed by atoms with Crippen LogP contribution in [0.4, 0.5) is 0 Å². The molecule has 6 aromatic heterocycles. The number of nitrogens with zero attached hydrogens (tertiary/aromatic N) is 8. The van der Waals surface area contributed by atoms with Gasteiger partial charge in [0, 0.05) is 76.4 Å². The normalized spacial score (nSPS) is 11.7. The molecule has 22 aromatic rings.